The average Bonchev–Trinajstić information content (AvgIpc) is 3.67. The second kappa shape index (κ2) is 10.3. The minimum Gasteiger partial charge on any atom is -0.481 e. The van der Waals surface area contributed by atoms with Crippen LogP contribution in [0.3, 0.4) is 0 Å². The Morgan fingerprint density at radius 2 is 1.69 bits per heavy atom. The van der Waals surface area contributed by atoms with Crippen molar-refractivity contribution in [1.82, 2.24) is 15.3 Å². The second-order valence-corrected chi connectivity index (χ2v) is 9.55. The van der Waals surface area contributed by atoms with Crippen LogP contribution in [0, 0.1) is 5.92 Å². The number of benzene rings is 3. The van der Waals surface area contributed by atoms with Crippen molar-refractivity contribution in [3.63, 3.8) is 0 Å². The summed E-state index contributed by atoms with van der Waals surface area (Å²) >= 11 is 0. The monoisotopic (exact) mass is 479 g/mol. The zero-order valence-electron chi connectivity index (χ0n) is 20.2. The molecule has 0 spiro atoms. The number of aromatic nitrogens is 2. The minimum absolute atomic E-state index is 0.105. The molecule has 6 nitrogen and oxygen atoms in total. The summed E-state index contributed by atoms with van der Waals surface area (Å²) in [6.45, 7) is 1.72. The molecule has 1 aliphatic carbocycles. The number of hydrogen-bond acceptors (Lipinski definition) is 4. The van der Waals surface area contributed by atoms with Gasteiger partial charge in [-0.1, -0.05) is 67.6 Å². The molecule has 1 unspecified atom stereocenters. The van der Waals surface area contributed by atoms with Crippen LogP contribution >= 0.6 is 0 Å². The van der Waals surface area contributed by atoms with Gasteiger partial charge in [-0.05, 0) is 49.4 Å². The molecule has 4 aromatic rings. The van der Waals surface area contributed by atoms with Crippen LogP contribution in [0.1, 0.15) is 53.7 Å². The van der Waals surface area contributed by atoms with E-state index in [1.807, 2.05) is 54.6 Å². The van der Waals surface area contributed by atoms with Crippen molar-refractivity contribution in [3.8, 4) is 11.3 Å². The Hall–Kier alpha value is -4.06. The standard InChI is InChI=1S/C30H29N3O3/c1-19(30(35)36)9-8-14-25-28(21-12-6-3-7-13-21)32-24-16-15-22(17-27(24)31-25)29(34)33-26-18-23(26)20-10-4-2-5-11-20/h2-7,10-13,15-17,19,23,26H,8-9,14,18H2,1H3,(H,33,34)(H,35,36)/t19?,23-,26+/m0/s1. The minimum atomic E-state index is -0.788. The summed E-state index contributed by atoms with van der Waals surface area (Å²) in [6.07, 6.45) is 2.82. The quantitative estimate of drug-likeness (QED) is 0.325. The number of rotatable bonds is 9. The first kappa shape index (κ1) is 23.7. The van der Waals surface area contributed by atoms with E-state index in [1.165, 1.54) is 5.56 Å². The Bertz CT molecular complexity index is 1390. The third kappa shape index (κ3) is 5.28. The van der Waals surface area contributed by atoms with Gasteiger partial charge in [0.15, 0.2) is 0 Å². The van der Waals surface area contributed by atoms with Crippen LogP contribution in [-0.2, 0) is 11.2 Å². The third-order valence-corrected chi connectivity index (χ3v) is 6.85. The van der Waals surface area contributed by atoms with Crippen LogP contribution in [0.2, 0.25) is 0 Å². The average molecular weight is 480 g/mol. The van der Waals surface area contributed by atoms with E-state index in [2.05, 4.69) is 17.4 Å². The highest BCUT2D eigenvalue weighted by Crippen LogP contribution is 2.40. The van der Waals surface area contributed by atoms with Crippen LogP contribution in [0.4, 0.5) is 0 Å². The second-order valence-electron chi connectivity index (χ2n) is 9.55. The van der Waals surface area contributed by atoms with Crippen LogP contribution < -0.4 is 5.32 Å². The SMILES string of the molecule is CC(CCCc1nc2cc(C(=O)N[C@@H]3C[C@H]3c3ccccc3)ccc2nc1-c1ccccc1)C(=O)O. The maximum atomic E-state index is 13.0. The number of carbonyl (C=O) groups is 2. The maximum Gasteiger partial charge on any atom is 0.306 e. The molecular formula is C30H29N3O3. The van der Waals surface area contributed by atoms with E-state index in [9.17, 15) is 14.7 Å². The first-order valence-electron chi connectivity index (χ1n) is 12.4. The Balaban J connectivity index is 1.38. The summed E-state index contributed by atoms with van der Waals surface area (Å²) in [5.74, 6) is -0.936. The molecule has 0 aliphatic heterocycles. The van der Waals surface area contributed by atoms with Gasteiger partial charge in [-0.15, -0.1) is 0 Å². The zero-order chi connectivity index (χ0) is 25.1. The molecule has 6 heteroatoms. The largest absolute Gasteiger partial charge is 0.481 e. The summed E-state index contributed by atoms with van der Waals surface area (Å²) in [5, 5.41) is 12.4. The van der Waals surface area contributed by atoms with Gasteiger partial charge in [-0.25, -0.2) is 9.97 Å². The van der Waals surface area contributed by atoms with E-state index < -0.39 is 11.9 Å². The van der Waals surface area contributed by atoms with Crippen molar-refractivity contribution in [2.75, 3.05) is 0 Å². The fourth-order valence-electron chi connectivity index (χ4n) is 4.61. The molecule has 5 rings (SSSR count). The number of nitrogens with one attached hydrogen (secondary N) is 1. The molecule has 2 N–H and O–H groups in total. The number of aryl methyl sites for hydroxylation is 1. The van der Waals surface area contributed by atoms with E-state index in [-0.39, 0.29) is 11.9 Å². The lowest BCUT2D eigenvalue weighted by Gasteiger charge is -2.12. The number of nitrogens with zero attached hydrogens (tertiary/aromatic N) is 2. The van der Waals surface area contributed by atoms with Gasteiger partial charge in [-0.3, -0.25) is 9.59 Å². The van der Waals surface area contributed by atoms with Gasteiger partial charge in [0, 0.05) is 23.1 Å². The first-order chi connectivity index (χ1) is 17.5. The smallest absolute Gasteiger partial charge is 0.306 e. The number of amides is 1. The van der Waals surface area contributed by atoms with Gasteiger partial charge >= 0.3 is 5.97 Å². The summed E-state index contributed by atoms with van der Waals surface area (Å²) < 4.78 is 0. The number of carboxylic acids is 1. The summed E-state index contributed by atoms with van der Waals surface area (Å²) in [6, 6.07) is 25.7. The highest BCUT2D eigenvalue weighted by molar-refractivity contribution is 5.98. The molecular weight excluding hydrogens is 450 g/mol. The summed E-state index contributed by atoms with van der Waals surface area (Å²) in [4.78, 5) is 34.0. The van der Waals surface area contributed by atoms with Crippen molar-refractivity contribution in [3.05, 3.63) is 95.7 Å². The van der Waals surface area contributed by atoms with E-state index >= 15 is 0 Å². The van der Waals surface area contributed by atoms with Crippen LogP contribution in [0.25, 0.3) is 22.3 Å². The van der Waals surface area contributed by atoms with E-state index in [1.54, 1.807) is 19.1 Å². The molecule has 3 aromatic carbocycles. The highest BCUT2D eigenvalue weighted by atomic mass is 16.4. The number of carbonyl (C=O) groups excluding carboxylic acids is 1. The number of carboxylic acid groups (broad SMARTS) is 1. The normalized spacial score (nSPS) is 17.5. The third-order valence-electron chi connectivity index (χ3n) is 6.85. The molecule has 0 radical (unpaired) electrons. The fourth-order valence-corrected chi connectivity index (χ4v) is 4.61. The number of fused-ring (bicyclic) bond motifs is 1. The molecule has 36 heavy (non-hydrogen) atoms. The number of hydrogen-bond donors (Lipinski definition) is 2. The molecule has 1 fully saturated rings. The van der Waals surface area contributed by atoms with Gasteiger partial charge < -0.3 is 10.4 Å². The lowest BCUT2D eigenvalue weighted by atomic mass is 10.0. The van der Waals surface area contributed by atoms with Crippen molar-refractivity contribution in [1.29, 1.82) is 0 Å². The molecule has 3 atom stereocenters. The molecule has 1 saturated carbocycles. The van der Waals surface area contributed by atoms with Gasteiger partial charge in [-0.2, -0.15) is 0 Å². The molecule has 0 bridgehead atoms. The van der Waals surface area contributed by atoms with E-state index in [0.717, 1.165) is 28.9 Å². The first-order valence-corrected chi connectivity index (χ1v) is 12.4. The molecule has 182 valence electrons. The van der Waals surface area contributed by atoms with Crippen molar-refractivity contribution >= 4 is 22.9 Å². The fraction of sp³-hybridized carbons (Fsp3) is 0.267. The molecule has 1 heterocycles. The van der Waals surface area contributed by atoms with Crippen LogP contribution in [0.5, 0.6) is 0 Å². The highest BCUT2D eigenvalue weighted by Gasteiger charge is 2.39. The lowest BCUT2D eigenvalue weighted by molar-refractivity contribution is -0.141. The predicted octanol–water partition coefficient (Wildman–Crippen LogP) is 5.63. The maximum absolute atomic E-state index is 13.0. The van der Waals surface area contributed by atoms with Crippen LogP contribution in [-0.4, -0.2) is 33.0 Å². The van der Waals surface area contributed by atoms with Gasteiger partial charge in [0.1, 0.15) is 0 Å². The topological polar surface area (TPSA) is 92.2 Å². The molecule has 1 amide bonds. The number of aliphatic carboxylic acids is 1. The molecule has 1 aliphatic rings. The Morgan fingerprint density at radius 3 is 2.42 bits per heavy atom. The zero-order valence-corrected chi connectivity index (χ0v) is 20.2. The van der Waals surface area contributed by atoms with E-state index in [4.69, 9.17) is 9.97 Å². The molecule has 0 saturated heterocycles. The van der Waals surface area contributed by atoms with Gasteiger partial charge in [0.25, 0.3) is 5.91 Å². The Kier molecular flexibility index (Phi) is 6.76. The Labute approximate surface area is 210 Å². The molecule has 1 aromatic heterocycles. The summed E-state index contributed by atoms with van der Waals surface area (Å²) in [7, 11) is 0. The van der Waals surface area contributed by atoms with Crippen molar-refractivity contribution < 1.29 is 14.7 Å². The Morgan fingerprint density at radius 1 is 0.972 bits per heavy atom. The predicted molar refractivity (Wildman–Crippen MR) is 140 cm³/mol. The van der Waals surface area contributed by atoms with Crippen LogP contribution in [0.15, 0.2) is 78.9 Å². The van der Waals surface area contributed by atoms with Crippen molar-refractivity contribution in [2.24, 2.45) is 5.92 Å². The lowest BCUT2D eigenvalue weighted by Crippen LogP contribution is -2.26. The van der Waals surface area contributed by atoms with E-state index in [0.29, 0.717) is 36.3 Å². The summed E-state index contributed by atoms with van der Waals surface area (Å²) in [5.41, 5.74) is 5.79. The van der Waals surface area contributed by atoms with Crippen molar-refractivity contribution in [2.45, 2.75) is 44.6 Å². The van der Waals surface area contributed by atoms with Gasteiger partial charge in [0.2, 0.25) is 0 Å². The van der Waals surface area contributed by atoms with Gasteiger partial charge in [0.05, 0.1) is 28.3 Å².